The van der Waals surface area contributed by atoms with Gasteiger partial charge >= 0.3 is 0 Å². The molecule has 4 heteroatoms. The molecule has 1 fully saturated rings. The number of rotatable bonds is 1. The van der Waals surface area contributed by atoms with Gasteiger partial charge in [0.05, 0.1) is 10.3 Å². The predicted molar refractivity (Wildman–Crippen MR) is 54.5 cm³/mol. The Labute approximate surface area is 86.1 Å². The van der Waals surface area contributed by atoms with E-state index in [0.29, 0.717) is 6.54 Å². The standard InChI is InChI=1S/C9H10ClNOS/c10-7-3-4-11(6-7)9(12)8-2-1-5-13-8/h1-2,5,7H,3-4,6H2. The minimum absolute atomic E-state index is 0.123. The molecule has 70 valence electrons. The Balaban J connectivity index is 2.06. The molecule has 2 heterocycles. The smallest absolute Gasteiger partial charge is 0.263 e. The van der Waals surface area contributed by atoms with Crippen LogP contribution in [0.2, 0.25) is 0 Å². The van der Waals surface area contributed by atoms with Crippen molar-refractivity contribution < 1.29 is 4.79 Å². The predicted octanol–water partition coefficient (Wildman–Crippen LogP) is 2.20. The number of hydrogen-bond donors (Lipinski definition) is 0. The summed E-state index contributed by atoms with van der Waals surface area (Å²) in [5.74, 6) is 0.123. The summed E-state index contributed by atoms with van der Waals surface area (Å²) in [6, 6.07) is 3.75. The van der Waals surface area contributed by atoms with Gasteiger partial charge in [0.25, 0.3) is 5.91 Å². The quantitative estimate of drug-likeness (QED) is 0.658. The highest BCUT2D eigenvalue weighted by Gasteiger charge is 2.25. The third kappa shape index (κ3) is 1.86. The van der Waals surface area contributed by atoms with Crippen molar-refractivity contribution in [1.29, 1.82) is 0 Å². The molecule has 1 saturated heterocycles. The highest BCUT2D eigenvalue weighted by Crippen LogP contribution is 2.19. The van der Waals surface area contributed by atoms with E-state index in [1.165, 1.54) is 11.3 Å². The first-order chi connectivity index (χ1) is 6.27. The Morgan fingerprint density at radius 3 is 3.08 bits per heavy atom. The molecule has 1 amide bonds. The molecule has 13 heavy (non-hydrogen) atoms. The summed E-state index contributed by atoms with van der Waals surface area (Å²) in [6.07, 6.45) is 0.915. The summed E-state index contributed by atoms with van der Waals surface area (Å²) in [7, 11) is 0. The highest BCUT2D eigenvalue weighted by atomic mass is 35.5. The number of alkyl halides is 1. The molecule has 0 aromatic carbocycles. The Morgan fingerprint density at radius 1 is 1.69 bits per heavy atom. The largest absolute Gasteiger partial charge is 0.336 e. The number of likely N-dealkylation sites (tertiary alicyclic amines) is 1. The van der Waals surface area contributed by atoms with Crippen LogP contribution in [0.1, 0.15) is 16.1 Å². The minimum Gasteiger partial charge on any atom is -0.336 e. The molecule has 1 unspecified atom stereocenters. The molecular formula is C9H10ClNOS. The van der Waals surface area contributed by atoms with Gasteiger partial charge in [-0.2, -0.15) is 0 Å². The van der Waals surface area contributed by atoms with Gasteiger partial charge in [-0.25, -0.2) is 0 Å². The molecule has 1 atom stereocenters. The zero-order valence-corrected chi connectivity index (χ0v) is 8.64. The van der Waals surface area contributed by atoms with Crippen LogP contribution in [-0.4, -0.2) is 29.3 Å². The molecule has 0 radical (unpaired) electrons. The van der Waals surface area contributed by atoms with Crippen LogP contribution in [0.15, 0.2) is 17.5 Å². The fourth-order valence-corrected chi connectivity index (χ4v) is 2.41. The van der Waals surface area contributed by atoms with E-state index in [2.05, 4.69) is 0 Å². The van der Waals surface area contributed by atoms with Crippen LogP contribution in [0.25, 0.3) is 0 Å². The Bertz CT molecular complexity index is 299. The molecule has 1 aliphatic rings. The summed E-state index contributed by atoms with van der Waals surface area (Å²) in [4.78, 5) is 14.4. The zero-order chi connectivity index (χ0) is 9.26. The van der Waals surface area contributed by atoms with Gasteiger partial charge in [-0.15, -0.1) is 22.9 Å². The van der Waals surface area contributed by atoms with Gasteiger partial charge < -0.3 is 4.90 Å². The molecule has 2 nitrogen and oxygen atoms in total. The van der Waals surface area contributed by atoms with Gasteiger partial charge in [-0.3, -0.25) is 4.79 Å². The second-order valence-electron chi connectivity index (χ2n) is 3.11. The number of hydrogen-bond acceptors (Lipinski definition) is 2. The van der Waals surface area contributed by atoms with Crippen LogP contribution in [-0.2, 0) is 0 Å². The number of halogens is 1. The molecule has 0 saturated carbocycles. The fraction of sp³-hybridized carbons (Fsp3) is 0.444. The van der Waals surface area contributed by atoms with E-state index in [1.54, 1.807) is 0 Å². The molecular weight excluding hydrogens is 206 g/mol. The third-order valence-corrected chi connectivity index (χ3v) is 3.36. The van der Waals surface area contributed by atoms with Crippen molar-refractivity contribution in [3.63, 3.8) is 0 Å². The van der Waals surface area contributed by atoms with E-state index >= 15 is 0 Å². The first-order valence-corrected chi connectivity index (χ1v) is 5.56. The number of amides is 1. The maximum atomic E-state index is 11.7. The lowest BCUT2D eigenvalue weighted by atomic mass is 10.4. The summed E-state index contributed by atoms with van der Waals surface area (Å²) < 4.78 is 0. The average Bonchev–Trinajstić information content (AvgIpc) is 2.72. The first kappa shape index (κ1) is 9.03. The highest BCUT2D eigenvalue weighted by molar-refractivity contribution is 7.12. The Hall–Kier alpha value is -0.540. The monoisotopic (exact) mass is 215 g/mol. The van der Waals surface area contributed by atoms with E-state index < -0.39 is 0 Å². The lowest BCUT2D eigenvalue weighted by Gasteiger charge is -2.13. The first-order valence-electron chi connectivity index (χ1n) is 4.24. The molecule has 0 spiro atoms. The molecule has 0 aliphatic carbocycles. The van der Waals surface area contributed by atoms with E-state index in [1.807, 2.05) is 22.4 Å². The minimum atomic E-state index is 0.123. The van der Waals surface area contributed by atoms with Gasteiger partial charge in [0.1, 0.15) is 0 Å². The molecule has 0 bridgehead atoms. The topological polar surface area (TPSA) is 20.3 Å². The van der Waals surface area contributed by atoms with E-state index in [4.69, 9.17) is 11.6 Å². The zero-order valence-electron chi connectivity index (χ0n) is 7.07. The van der Waals surface area contributed by atoms with Crippen molar-refractivity contribution in [2.75, 3.05) is 13.1 Å². The lowest BCUT2D eigenvalue weighted by molar-refractivity contribution is 0.0798. The van der Waals surface area contributed by atoms with E-state index in [-0.39, 0.29) is 11.3 Å². The summed E-state index contributed by atoms with van der Waals surface area (Å²) in [6.45, 7) is 1.49. The van der Waals surface area contributed by atoms with Crippen LogP contribution in [0.4, 0.5) is 0 Å². The van der Waals surface area contributed by atoms with Crippen LogP contribution in [0.5, 0.6) is 0 Å². The van der Waals surface area contributed by atoms with Gasteiger partial charge in [0, 0.05) is 13.1 Å². The molecule has 2 rings (SSSR count). The second kappa shape index (κ2) is 3.68. The van der Waals surface area contributed by atoms with Crippen molar-refractivity contribution in [2.24, 2.45) is 0 Å². The second-order valence-corrected chi connectivity index (χ2v) is 4.68. The SMILES string of the molecule is O=C(c1cccs1)N1CCC(Cl)C1. The molecule has 0 N–H and O–H groups in total. The van der Waals surface area contributed by atoms with E-state index in [0.717, 1.165) is 17.8 Å². The molecule has 1 aromatic rings. The van der Waals surface area contributed by atoms with Crippen molar-refractivity contribution in [3.05, 3.63) is 22.4 Å². The summed E-state index contributed by atoms with van der Waals surface area (Å²) in [5.41, 5.74) is 0. The maximum absolute atomic E-state index is 11.7. The number of nitrogens with zero attached hydrogens (tertiary/aromatic N) is 1. The van der Waals surface area contributed by atoms with Crippen LogP contribution in [0.3, 0.4) is 0 Å². The number of carbonyl (C=O) groups is 1. The lowest BCUT2D eigenvalue weighted by Crippen LogP contribution is -2.28. The van der Waals surface area contributed by atoms with Crippen LogP contribution < -0.4 is 0 Å². The number of thiophene rings is 1. The average molecular weight is 216 g/mol. The fourth-order valence-electron chi connectivity index (χ4n) is 1.46. The van der Waals surface area contributed by atoms with Gasteiger partial charge in [-0.05, 0) is 17.9 Å². The summed E-state index contributed by atoms with van der Waals surface area (Å²) in [5, 5.41) is 2.06. The van der Waals surface area contributed by atoms with Crippen molar-refractivity contribution >= 4 is 28.8 Å². The Morgan fingerprint density at radius 2 is 2.54 bits per heavy atom. The molecule has 1 aromatic heterocycles. The van der Waals surface area contributed by atoms with Crippen LogP contribution >= 0.6 is 22.9 Å². The normalized spacial score (nSPS) is 22.2. The van der Waals surface area contributed by atoms with Crippen molar-refractivity contribution in [2.45, 2.75) is 11.8 Å². The van der Waals surface area contributed by atoms with E-state index in [9.17, 15) is 4.79 Å². The van der Waals surface area contributed by atoms with Gasteiger partial charge in [0.2, 0.25) is 0 Å². The van der Waals surface area contributed by atoms with Gasteiger partial charge in [0.15, 0.2) is 0 Å². The van der Waals surface area contributed by atoms with Crippen molar-refractivity contribution in [1.82, 2.24) is 4.90 Å². The maximum Gasteiger partial charge on any atom is 0.263 e. The summed E-state index contributed by atoms with van der Waals surface area (Å²) >= 11 is 7.41. The Kier molecular flexibility index (Phi) is 2.56. The third-order valence-electron chi connectivity index (χ3n) is 2.15. The van der Waals surface area contributed by atoms with Crippen molar-refractivity contribution in [3.8, 4) is 0 Å². The van der Waals surface area contributed by atoms with Gasteiger partial charge in [-0.1, -0.05) is 6.07 Å². The van der Waals surface area contributed by atoms with Crippen LogP contribution in [0, 0.1) is 0 Å². The number of carbonyl (C=O) groups excluding carboxylic acids is 1. The molecule has 1 aliphatic heterocycles.